The molecule has 0 radical (unpaired) electrons. The molecule has 2 heterocycles. The molecule has 1 amide bonds. The molecule has 3 rings (SSSR count). The van der Waals surface area contributed by atoms with Gasteiger partial charge < -0.3 is 14.4 Å². The average Bonchev–Trinajstić information content (AvgIpc) is 3.16. The van der Waals surface area contributed by atoms with Crippen molar-refractivity contribution < 1.29 is 23.5 Å². The summed E-state index contributed by atoms with van der Waals surface area (Å²) < 4.78 is 18.4. The Morgan fingerprint density at radius 1 is 1.32 bits per heavy atom. The van der Waals surface area contributed by atoms with Gasteiger partial charge in [0.2, 0.25) is 0 Å². The Morgan fingerprint density at radius 2 is 2.14 bits per heavy atom. The number of hydrogen-bond acceptors (Lipinski definition) is 3. The number of carboxylic acids is 1. The smallest absolute Gasteiger partial charge is 0.338 e. The Morgan fingerprint density at radius 3 is 2.82 bits per heavy atom. The van der Waals surface area contributed by atoms with Crippen LogP contribution < -0.4 is 0 Å². The summed E-state index contributed by atoms with van der Waals surface area (Å²) in [5, 5.41) is 8.88. The van der Waals surface area contributed by atoms with Crippen molar-refractivity contribution in [2.45, 2.75) is 18.9 Å². The van der Waals surface area contributed by atoms with Crippen molar-refractivity contribution in [3.05, 3.63) is 59.3 Å². The van der Waals surface area contributed by atoms with Crippen molar-refractivity contribution in [2.75, 3.05) is 6.54 Å². The van der Waals surface area contributed by atoms with Crippen molar-refractivity contribution in [1.29, 1.82) is 0 Å². The number of aromatic carboxylic acids is 1. The monoisotopic (exact) mass is 303 g/mol. The first-order chi connectivity index (χ1) is 10.6. The summed E-state index contributed by atoms with van der Waals surface area (Å²) in [4.78, 5) is 24.9. The number of halogens is 1. The normalized spacial score (nSPS) is 17.7. The number of amides is 1. The first-order valence-electron chi connectivity index (χ1n) is 6.94. The fourth-order valence-electron chi connectivity index (χ4n) is 2.77. The second kappa shape index (κ2) is 5.63. The van der Waals surface area contributed by atoms with Gasteiger partial charge >= 0.3 is 5.97 Å². The molecule has 1 aromatic heterocycles. The van der Waals surface area contributed by atoms with Crippen LogP contribution in [-0.2, 0) is 0 Å². The lowest BCUT2D eigenvalue weighted by atomic mass is 10.0. The van der Waals surface area contributed by atoms with E-state index in [0.717, 1.165) is 24.7 Å². The van der Waals surface area contributed by atoms with Gasteiger partial charge in [0, 0.05) is 12.6 Å². The lowest BCUT2D eigenvalue weighted by molar-refractivity contribution is 0.0690. The average molecular weight is 303 g/mol. The molecule has 1 aliphatic rings. The van der Waals surface area contributed by atoms with Gasteiger partial charge in [0.15, 0.2) is 5.76 Å². The Hall–Kier alpha value is -2.63. The summed E-state index contributed by atoms with van der Waals surface area (Å²) in [6.45, 7) is 0.531. The molecule has 2 aromatic rings. The molecule has 1 N–H and O–H groups in total. The van der Waals surface area contributed by atoms with E-state index in [4.69, 9.17) is 9.52 Å². The Kier molecular flexibility index (Phi) is 3.66. The van der Waals surface area contributed by atoms with E-state index < -0.39 is 5.97 Å². The minimum Gasteiger partial charge on any atom is -0.478 e. The number of carbonyl (C=O) groups excluding carboxylic acids is 1. The number of likely N-dealkylation sites (tertiary alicyclic amines) is 1. The third-order valence-corrected chi connectivity index (χ3v) is 3.80. The fourth-order valence-corrected chi connectivity index (χ4v) is 2.77. The van der Waals surface area contributed by atoms with Gasteiger partial charge in [-0.3, -0.25) is 4.79 Å². The summed E-state index contributed by atoms with van der Waals surface area (Å²) in [5.74, 6) is -1.88. The lowest BCUT2D eigenvalue weighted by Crippen LogP contribution is -2.30. The molecular weight excluding hydrogens is 289 g/mol. The molecule has 0 saturated carbocycles. The van der Waals surface area contributed by atoms with Crippen molar-refractivity contribution in [3.63, 3.8) is 0 Å². The minimum atomic E-state index is -1.15. The van der Waals surface area contributed by atoms with Crippen LogP contribution in [0.25, 0.3) is 0 Å². The molecule has 0 bridgehead atoms. The highest BCUT2D eigenvalue weighted by atomic mass is 19.1. The van der Waals surface area contributed by atoms with Crippen LogP contribution in [0.1, 0.15) is 45.4 Å². The maximum Gasteiger partial charge on any atom is 0.338 e. The fraction of sp³-hybridized carbons (Fsp3) is 0.250. The van der Waals surface area contributed by atoms with Crippen LogP contribution in [0, 0.1) is 5.82 Å². The topological polar surface area (TPSA) is 70.7 Å². The molecule has 1 atom stereocenters. The molecule has 1 aromatic carbocycles. The summed E-state index contributed by atoms with van der Waals surface area (Å²) in [5.41, 5.74) is 0.667. The van der Waals surface area contributed by atoms with E-state index in [-0.39, 0.29) is 29.1 Å². The second-order valence-electron chi connectivity index (χ2n) is 5.22. The van der Waals surface area contributed by atoms with Gasteiger partial charge in [-0.1, -0.05) is 12.1 Å². The zero-order chi connectivity index (χ0) is 15.7. The number of carbonyl (C=O) groups is 2. The Balaban J connectivity index is 1.86. The van der Waals surface area contributed by atoms with E-state index in [1.807, 2.05) is 0 Å². The molecule has 6 heteroatoms. The predicted molar refractivity (Wildman–Crippen MR) is 75.1 cm³/mol. The number of rotatable bonds is 3. The van der Waals surface area contributed by atoms with Crippen LogP contribution in [0.4, 0.5) is 4.39 Å². The number of nitrogens with zero attached hydrogens (tertiary/aromatic N) is 1. The standard InChI is InChI=1S/C16H14FNO4/c17-12-4-1-3-10(7-12)13-5-2-6-18(13)15(19)14-8-11(9-22-14)16(20)21/h1,3-4,7-9,13H,2,5-6H2,(H,20,21). The largest absolute Gasteiger partial charge is 0.478 e. The minimum absolute atomic E-state index is 0.0132. The second-order valence-corrected chi connectivity index (χ2v) is 5.22. The van der Waals surface area contributed by atoms with Gasteiger partial charge in [-0.05, 0) is 30.5 Å². The molecule has 22 heavy (non-hydrogen) atoms. The van der Waals surface area contributed by atoms with Gasteiger partial charge in [0.25, 0.3) is 5.91 Å². The van der Waals surface area contributed by atoms with Gasteiger partial charge in [-0.15, -0.1) is 0 Å². The zero-order valence-electron chi connectivity index (χ0n) is 11.7. The number of furan rings is 1. The highest BCUT2D eigenvalue weighted by Crippen LogP contribution is 2.33. The van der Waals surface area contributed by atoms with Gasteiger partial charge in [0.1, 0.15) is 12.1 Å². The summed E-state index contributed by atoms with van der Waals surface area (Å²) in [6, 6.07) is 7.16. The van der Waals surface area contributed by atoms with Crippen LogP contribution in [0.2, 0.25) is 0 Å². The van der Waals surface area contributed by atoms with E-state index in [9.17, 15) is 14.0 Å². The number of carboxylic acid groups (broad SMARTS) is 1. The summed E-state index contributed by atoms with van der Waals surface area (Å²) in [6.07, 6.45) is 2.59. The maximum absolute atomic E-state index is 13.4. The third-order valence-electron chi connectivity index (χ3n) is 3.80. The van der Waals surface area contributed by atoms with Gasteiger partial charge in [0.05, 0.1) is 11.6 Å². The van der Waals surface area contributed by atoms with E-state index in [2.05, 4.69) is 0 Å². The predicted octanol–water partition coefficient (Wildman–Crippen LogP) is 3.09. The van der Waals surface area contributed by atoms with E-state index in [0.29, 0.717) is 6.54 Å². The molecular formula is C16H14FNO4. The molecule has 0 spiro atoms. The van der Waals surface area contributed by atoms with E-state index >= 15 is 0 Å². The number of hydrogen-bond donors (Lipinski definition) is 1. The first kappa shape index (κ1) is 14.3. The van der Waals surface area contributed by atoms with Gasteiger partial charge in [-0.25, -0.2) is 9.18 Å². The zero-order valence-corrected chi connectivity index (χ0v) is 11.7. The van der Waals surface area contributed by atoms with Crippen molar-refractivity contribution in [2.24, 2.45) is 0 Å². The van der Waals surface area contributed by atoms with Crippen LogP contribution in [-0.4, -0.2) is 28.4 Å². The molecule has 5 nitrogen and oxygen atoms in total. The number of benzene rings is 1. The summed E-state index contributed by atoms with van der Waals surface area (Å²) in [7, 11) is 0. The molecule has 1 saturated heterocycles. The molecule has 1 fully saturated rings. The third kappa shape index (κ3) is 2.59. The van der Waals surface area contributed by atoms with E-state index in [1.54, 1.807) is 17.0 Å². The van der Waals surface area contributed by atoms with Crippen molar-refractivity contribution >= 4 is 11.9 Å². The highest BCUT2D eigenvalue weighted by molar-refractivity contribution is 5.95. The molecule has 1 unspecified atom stereocenters. The molecule has 114 valence electrons. The van der Waals surface area contributed by atoms with Crippen LogP contribution in [0.3, 0.4) is 0 Å². The van der Waals surface area contributed by atoms with Gasteiger partial charge in [-0.2, -0.15) is 0 Å². The quantitative estimate of drug-likeness (QED) is 0.946. The Labute approximate surface area is 126 Å². The Bertz CT molecular complexity index is 724. The van der Waals surface area contributed by atoms with Crippen molar-refractivity contribution in [1.82, 2.24) is 4.90 Å². The van der Waals surface area contributed by atoms with Crippen LogP contribution in [0.5, 0.6) is 0 Å². The molecule has 0 aliphatic carbocycles. The summed E-state index contributed by atoms with van der Waals surface area (Å²) >= 11 is 0. The van der Waals surface area contributed by atoms with Crippen LogP contribution in [0.15, 0.2) is 41.0 Å². The lowest BCUT2D eigenvalue weighted by Gasteiger charge is -2.24. The van der Waals surface area contributed by atoms with Crippen molar-refractivity contribution in [3.8, 4) is 0 Å². The highest BCUT2D eigenvalue weighted by Gasteiger charge is 2.32. The maximum atomic E-state index is 13.4. The van der Waals surface area contributed by atoms with Crippen LogP contribution >= 0.6 is 0 Å². The molecule has 1 aliphatic heterocycles. The first-order valence-corrected chi connectivity index (χ1v) is 6.94. The SMILES string of the molecule is O=C(O)c1coc(C(=O)N2CCCC2c2cccc(F)c2)c1. The van der Waals surface area contributed by atoms with E-state index in [1.165, 1.54) is 18.2 Å².